The number of aromatic amines is 1. The van der Waals surface area contributed by atoms with Gasteiger partial charge < -0.3 is 10.1 Å². The van der Waals surface area contributed by atoms with Crippen molar-refractivity contribution >= 4 is 11.6 Å². The molecule has 0 atom stereocenters. The van der Waals surface area contributed by atoms with Crippen LogP contribution in [0.2, 0.25) is 0 Å². The van der Waals surface area contributed by atoms with Gasteiger partial charge in [-0.05, 0) is 37.3 Å². The second kappa shape index (κ2) is 7.36. The first-order valence-corrected chi connectivity index (χ1v) is 8.61. The summed E-state index contributed by atoms with van der Waals surface area (Å²) < 4.78 is 7.09. The van der Waals surface area contributed by atoms with Crippen LogP contribution < -0.4 is 10.1 Å². The van der Waals surface area contributed by atoms with Gasteiger partial charge >= 0.3 is 0 Å². The van der Waals surface area contributed by atoms with Gasteiger partial charge in [-0.2, -0.15) is 5.10 Å². The van der Waals surface area contributed by atoms with E-state index in [0.29, 0.717) is 17.1 Å². The standard InChI is InChI=1S/C20H18N6O2/c1-13-21-8-9-26(13)19-7-6-15(12-22-19)23-20(27)18-11-17(24-25-18)14-4-3-5-16(10-14)28-2/h3-12H,1-2H3,(H,23,27)(H,24,25). The van der Waals surface area contributed by atoms with Crippen molar-refractivity contribution in [3.05, 3.63) is 72.6 Å². The van der Waals surface area contributed by atoms with E-state index in [4.69, 9.17) is 4.74 Å². The highest BCUT2D eigenvalue weighted by atomic mass is 16.5. The number of amides is 1. The van der Waals surface area contributed by atoms with E-state index in [1.807, 2.05) is 48.0 Å². The number of imidazole rings is 1. The minimum absolute atomic E-state index is 0.296. The fourth-order valence-electron chi connectivity index (χ4n) is 2.79. The lowest BCUT2D eigenvalue weighted by Crippen LogP contribution is -2.12. The van der Waals surface area contributed by atoms with Gasteiger partial charge in [0, 0.05) is 18.0 Å². The highest BCUT2D eigenvalue weighted by molar-refractivity contribution is 6.03. The molecular formula is C20H18N6O2. The Balaban J connectivity index is 1.48. The predicted molar refractivity (Wildman–Crippen MR) is 105 cm³/mol. The zero-order valence-electron chi connectivity index (χ0n) is 15.4. The molecule has 0 fully saturated rings. The molecule has 4 rings (SSSR count). The molecule has 1 aromatic carbocycles. The van der Waals surface area contributed by atoms with Gasteiger partial charge in [-0.25, -0.2) is 9.97 Å². The summed E-state index contributed by atoms with van der Waals surface area (Å²) in [5.74, 6) is 2.00. The molecule has 28 heavy (non-hydrogen) atoms. The smallest absolute Gasteiger partial charge is 0.273 e. The van der Waals surface area contributed by atoms with Gasteiger partial charge in [0.25, 0.3) is 5.91 Å². The lowest BCUT2D eigenvalue weighted by atomic mass is 10.1. The molecule has 8 heteroatoms. The van der Waals surface area contributed by atoms with Crippen molar-refractivity contribution in [1.82, 2.24) is 24.7 Å². The number of pyridine rings is 1. The molecule has 0 bridgehead atoms. The van der Waals surface area contributed by atoms with Gasteiger partial charge in [0.15, 0.2) is 0 Å². The Hall–Kier alpha value is -3.94. The third-order valence-electron chi connectivity index (χ3n) is 4.27. The van der Waals surface area contributed by atoms with Crippen molar-refractivity contribution in [3.8, 4) is 22.8 Å². The van der Waals surface area contributed by atoms with E-state index in [1.165, 1.54) is 0 Å². The number of hydrogen-bond donors (Lipinski definition) is 2. The van der Waals surface area contributed by atoms with Crippen LogP contribution in [-0.2, 0) is 0 Å². The lowest BCUT2D eigenvalue weighted by Gasteiger charge is -2.06. The van der Waals surface area contributed by atoms with Crippen molar-refractivity contribution in [3.63, 3.8) is 0 Å². The Morgan fingerprint density at radius 2 is 2.07 bits per heavy atom. The number of nitrogens with one attached hydrogen (secondary N) is 2. The van der Waals surface area contributed by atoms with Crippen LogP contribution in [0.3, 0.4) is 0 Å². The average molecular weight is 374 g/mol. The third-order valence-corrected chi connectivity index (χ3v) is 4.27. The molecule has 0 spiro atoms. The summed E-state index contributed by atoms with van der Waals surface area (Å²) in [6, 6.07) is 12.8. The fraction of sp³-hybridized carbons (Fsp3) is 0.100. The minimum Gasteiger partial charge on any atom is -0.497 e. The Kier molecular flexibility index (Phi) is 4.59. The molecule has 0 unspecified atom stereocenters. The van der Waals surface area contributed by atoms with Crippen LogP contribution in [-0.4, -0.2) is 37.7 Å². The summed E-state index contributed by atoms with van der Waals surface area (Å²) in [6.45, 7) is 1.90. The zero-order chi connectivity index (χ0) is 19.5. The Labute approximate surface area is 161 Å². The van der Waals surface area contributed by atoms with E-state index in [1.54, 1.807) is 31.6 Å². The molecule has 0 aliphatic rings. The zero-order valence-corrected chi connectivity index (χ0v) is 15.4. The fourth-order valence-corrected chi connectivity index (χ4v) is 2.79. The monoisotopic (exact) mass is 374 g/mol. The van der Waals surface area contributed by atoms with E-state index in [9.17, 15) is 4.79 Å². The molecule has 0 radical (unpaired) electrons. The SMILES string of the molecule is COc1cccc(-c2cc(C(=O)Nc3ccc(-n4ccnc4C)nc3)[nH]n2)c1. The Morgan fingerprint density at radius 1 is 1.18 bits per heavy atom. The van der Waals surface area contributed by atoms with Crippen molar-refractivity contribution in [2.45, 2.75) is 6.92 Å². The number of benzene rings is 1. The van der Waals surface area contributed by atoms with Crippen LogP contribution in [0, 0.1) is 6.92 Å². The van der Waals surface area contributed by atoms with Gasteiger partial charge in [0.2, 0.25) is 0 Å². The maximum Gasteiger partial charge on any atom is 0.273 e. The largest absolute Gasteiger partial charge is 0.497 e. The first kappa shape index (κ1) is 17.5. The second-order valence-electron chi connectivity index (χ2n) is 6.10. The van der Waals surface area contributed by atoms with Crippen LogP contribution in [0.1, 0.15) is 16.3 Å². The number of H-pyrrole nitrogens is 1. The maximum absolute atomic E-state index is 12.5. The van der Waals surface area contributed by atoms with E-state index in [0.717, 1.165) is 23.0 Å². The van der Waals surface area contributed by atoms with Crippen molar-refractivity contribution in [1.29, 1.82) is 0 Å². The Morgan fingerprint density at radius 3 is 2.79 bits per heavy atom. The average Bonchev–Trinajstić information content (AvgIpc) is 3.38. The van der Waals surface area contributed by atoms with Crippen molar-refractivity contribution in [2.75, 3.05) is 12.4 Å². The van der Waals surface area contributed by atoms with Gasteiger partial charge in [-0.1, -0.05) is 12.1 Å². The quantitative estimate of drug-likeness (QED) is 0.559. The number of carbonyl (C=O) groups is 1. The molecule has 2 N–H and O–H groups in total. The highest BCUT2D eigenvalue weighted by Crippen LogP contribution is 2.23. The van der Waals surface area contributed by atoms with Crippen LogP contribution in [0.15, 0.2) is 61.1 Å². The van der Waals surface area contributed by atoms with Gasteiger partial charge in [-0.15, -0.1) is 0 Å². The van der Waals surface area contributed by atoms with E-state index in [2.05, 4.69) is 25.5 Å². The van der Waals surface area contributed by atoms with Gasteiger partial charge in [-0.3, -0.25) is 14.5 Å². The molecule has 0 aliphatic carbocycles. The summed E-state index contributed by atoms with van der Waals surface area (Å²) in [4.78, 5) is 21.0. The number of ether oxygens (including phenoxy) is 1. The molecule has 3 heterocycles. The normalized spacial score (nSPS) is 10.6. The van der Waals surface area contributed by atoms with Crippen molar-refractivity contribution in [2.24, 2.45) is 0 Å². The number of nitrogens with zero attached hydrogens (tertiary/aromatic N) is 4. The van der Waals surface area contributed by atoms with Crippen LogP contribution in [0.25, 0.3) is 17.1 Å². The summed E-state index contributed by atoms with van der Waals surface area (Å²) in [5.41, 5.74) is 2.46. The summed E-state index contributed by atoms with van der Waals surface area (Å²) in [7, 11) is 1.61. The van der Waals surface area contributed by atoms with Gasteiger partial charge in [0.1, 0.15) is 23.1 Å². The molecule has 4 aromatic rings. The predicted octanol–water partition coefficient (Wildman–Crippen LogP) is 3.23. The summed E-state index contributed by atoms with van der Waals surface area (Å²) >= 11 is 0. The first-order valence-electron chi connectivity index (χ1n) is 8.61. The van der Waals surface area contributed by atoms with Crippen LogP contribution in [0.5, 0.6) is 5.75 Å². The molecule has 140 valence electrons. The van der Waals surface area contributed by atoms with Crippen LogP contribution >= 0.6 is 0 Å². The number of carbonyl (C=O) groups excluding carboxylic acids is 1. The molecule has 0 saturated carbocycles. The molecular weight excluding hydrogens is 356 g/mol. The molecule has 0 saturated heterocycles. The molecule has 8 nitrogen and oxygen atoms in total. The third kappa shape index (κ3) is 3.48. The van der Waals surface area contributed by atoms with Gasteiger partial charge in [0.05, 0.1) is 24.7 Å². The van der Waals surface area contributed by atoms with E-state index >= 15 is 0 Å². The minimum atomic E-state index is -0.296. The number of anilines is 1. The Bertz CT molecular complexity index is 1110. The second-order valence-corrected chi connectivity index (χ2v) is 6.10. The molecule has 0 aliphatic heterocycles. The number of aryl methyl sites for hydroxylation is 1. The maximum atomic E-state index is 12.5. The molecule has 3 aromatic heterocycles. The first-order chi connectivity index (χ1) is 13.6. The summed E-state index contributed by atoms with van der Waals surface area (Å²) in [6.07, 6.45) is 5.15. The number of rotatable bonds is 5. The summed E-state index contributed by atoms with van der Waals surface area (Å²) in [5, 5.41) is 9.79. The molecule has 1 amide bonds. The number of aromatic nitrogens is 5. The van der Waals surface area contributed by atoms with E-state index in [-0.39, 0.29) is 5.91 Å². The number of methoxy groups -OCH3 is 1. The lowest BCUT2D eigenvalue weighted by molar-refractivity contribution is 0.102. The van der Waals surface area contributed by atoms with E-state index < -0.39 is 0 Å². The topological polar surface area (TPSA) is 97.7 Å². The van der Waals surface area contributed by atoms with Crippen LogP contribution in [0.4, 0.5) is 5.69 Å². The highest BCUT2D eigenvalue weighted by Gasteiger charge is 2.12. The number of hydrogen-bond acceptors (Lipinski definition) is 5. The van der Waals surface area contributed by atoms with Crippen molar-refractivity contribution < 1.29 is 9.53 Å².